The van der Waals surface area contributed by atoms with Gasteiger partial charge in [-0.25, -0.2) is 0 Å². The van der Waals surface area contributed by atoms with E-state index in [1.165, 1.54) is 5.56 Å². The fraction of sp³-hybridized carbons (Fsp3) is 0.391. The highest BCUT2D eigenvalue weighted by Gasteiger charge is 2.18. The van der Waals surface area contributed by atoms with Gasteiger partial charge >= 0.3 is 0 Å². The molecule has 3 rings (SSSR count). The van der Waals surface area contributed by atoms with Gasteiger partial charge in [0.05, 0.1) is 0 Å². The Hall–Kier alpha value is -2.14. The van der Waals surface area contributed by atoms with Crippen LogP contribution in [-0.4, -0.2) is 66.9 Å². The molecule has 1 heterocycles. The number of β-amino-alcohol motifs (C(OH)–C–C–N with tert-alkyl or cyclic N) is 1. The lowest BCUT2D eigenvalue weighted by atomic mass is 10.2. The van der Waals surface area contributed by atoms with E-state index in [1.807, 2.05) is 37.3 Å². The molecule has 1 N–H and O–H groups in total. The van der Waals surface area contributed by atoms with Crippen LogP contribution in [-0.2, 0) is 0 Å². The molecule has 1 aliphatic rings. The maximum atomic E-state index is 10.3. The van der Waals surface area contributed by atoms with Crippen molar-refractivity contribution in [3.63, 3.8) is 0 Å². The van der Waals surface area contributed by atoms with Gasteiger partial charge in [-0.2, -0.15) is 0 Å². The lowest BCUT2D eigenvalue weighted by Gasteiger charge is -2.35. The Morgan fingerprint density at radius 3 is 2.37 bits per heavy atom. The van der Waals surface area contributed by atoms with Gasteiger partial charge in [0.1, 0.15) is 18.5 Å². The minimum Gasteiger partial charge on any atom is -0.491 e. The maximum Gasteiger partial charge on any atom is 0.122 e. The molecule has 1 unspecified atom stereocenters. The van der Waals surface area contributed by atoms with E-state index in [9.17, 15) is 5.11 Å². The van der Waals surface area contributed by atoms with Crippen molar-refractivity contribution in [2.24, 2.45) is 0 Å². The minimum atomic E-state index is -0.464. The number of aliphatic hydroxyl groups is 1. The summed E-state index contributed by atoms with van der Waals surface area (Å²) in [6, 6.07) is 18.3. The van der Waals surface area contributed by atoms with Gasteiger partial charge in [0.15, 0.2) is 0 Å². The van der Waals surface area contributed by atoms with Gasteiger partial charge in [-0.3, -0.25) is 9.80 Å². The van der Waals surface area contributed by atoms with Gasteiger partial charge < -0.3 is 9.84 Å². The molecule has 2 aromatic rings. The van der Waals surface area contributed by atoms with E-state index in [-0.39, 0.29) is 0 Å². The Kier molecular flexibility index (Phi) is 7.45. The summed E-state index contributed by atoms with van der Waals surface area (Å²) in [4.78, 5) is 4.77. The third-order valence-electron chi connectivity index (χ3n) is 4.93. The van der Waals surface area contributed by atoms with E-state index in [1.54, 1.807) is 0 Å². The van der Waals surface area contributed by atoms with Gasteiger partial charge in [-0.05, 0) is 24.1 Å². The first-order chi connectivity index (χ1) is 13.2. The predicted octanol–water partition coefficient (Wildman–Crippen LogP) is 3.07. The molecule has 1 atom stereocenters. The summed E-state index contributed by atoms with van der Waals surface area (Å²) in [5.74, 6) is 0.853. The lowest BCUT2D eigenvalue weighted by molar-refractivity contribution is 0.0480. The van der Waals surface area contributed by atoms with Gasteiger partial charge in [-0.15, -0.1) is 0 Å². The molecule has 0 spiro atoms. The third kappa shape index (κ3) is 6.51. The van der Waals surface area contributed by atoms with Crippen LogP contribution < -0.4 is 4.74 Å². The summed E-state index contributed by atoms with van der Waals surface area (Å²) >= 11 is 0. The zero-order valence-electron chi connectivity index (χ0n) is 16.1. The molecule has 0 bridgehead atoms. The number of piperazine rings is 1. The van der Waals surface area contributed by atoms with Crippen molar-refractivity contribution in [3.8, 4) is 5.75 Å². The number of aryl methyl sites for hydroxylation is 1. The van der Waals surface area contributed by atoms with Crippen LogP contribution in [0.1, 0.15) is 11.1 Å². The summed E-state index contributed by atoms with van der Waals surface area (Å²) in [5.41, 5.74) is 2.34. The number of aliphatic hydroxyl groups excluding tert-OH is 1. The Morgan fingerprint density at radius 2 is 1.63 bits per heavy atom. The highest BCUT2D eigenvalue weighted by atomic mass is 16.5. The fourth-order valence-electron chi connectivity index (χ4n) is 3.31. The van der Waals surface area contributed by atoms with Gasteiger partial charge in [0.2, 0.25) is 0 Å². The van der Waals surface area contributed by atoms with E-state index < -0.39 is 6.10 Å². The topological polar surface area (TPSA) is 35.9 Å². The highest BCUT2D eigenvalue weighted by molar-refractivity contribution is 5.48. The van der Waals surface area contributed by atoms with Gasteiger partial charge in [-0.1, -0.05) is 60.7 Å². The lowest BCUT2D eigenvalue weighted by Crippen LogP contribution is -2.49. The minimum absolute atomic E-state index is 0.338. The molecule has 144 valence electrons. The van der Waals surface area contributed by atoms with Crippen molar-refractivity contribution in [2.45, 2.75) is 13.0 Å². The van der Waals surface area contributed by atoms with Crippen molar-refractivity contribution >= 4 is 6.08 Å². The molecule has 1 saturated heterocycles. The molecule has 1 aliphatic heterocycles. The van der Waals surface area contributed by atoms with Crippen molar-refractivity contribution in [3.05, 3.63) is 71.8 Å². The Bertz CT molecular complexity index is 709. The summed E-state index contributed by atoms with van der Waals surface area (Å²) in [5, 5.41) is 10.3. The first kappa shape index (κ1) is 19.6. The number of para-hydroxylation sites is 1. The summed E-state index contributed by atoms with van der Waals surface area (Å²) in [6.07, 6.45) is 3.95. The number of benzene rings is 2. The quantitative estimate of drug-likeness (QED) is 0.779. The van der Waals surface area contributed by atoms with Crippen molar-refractivity contribution in [2.75, 3.05) is 45.9 Å². The third-order valence-corrected chi connectivity index (χ3v) is 4.93. The first-order valence-electron chi connectivity index (χ1n) is 9.73. The second-order valence-corrected chi connectivity index (χ2v) is 7.14. The largest absolute Gasteiger partial charge is 0.491 e. The van der Waals surface area contributed by atoms with Crippen molar-refractivity contribution in [1.82, 2.24) is 9.80 Å². The van der Waals surface area contributed by atoms with Crippen LogP contribution in [0.3, 0.4) is 0 Å². The molecule has 2 aromatic carbocycles. The van der Waals surface area contributed by atoms with Crippen molar-refractivity contribution < 1.29 is 9.84 Å². The second kappa shape index (κ2) is 10.3. The van der Waals surface area contributed by atoms with E-state index in [0.29, 0.717) is 13.2 Å². The molecule has 1 fully saturated rings. The molecule has 0 radical (unpaired) electrons. The van der Waals surface area contributed by atoms with Crippen LogP contribution in [0.2, 0.25) is 0 Å². The SMILES string of the molecule is Cc1ccccc1OCC(O)CN1CCN(CC=Cc2ccccc2)CC1. The summed E-state index contributed by atoms with van der Waals surface area (Å²) in [6.45, 7) is 8.04. The molecule has 0 amide bonds. The average Bonchev–Trinajstić information content (AvgIpc) is 2.69. The van der Waals surface area contributed by atoms with E-state index >= 15 is 0 Å². The number of rotatable bonds is 8. The van der Waals surface area contributed by atoms with Crippen LogP contribution >= 0.6 is 0 Å². The van der Waals surface area contributed by atoms with E-state index in [2.05, 4.69) is 46.2 Å². The number of hydrogen-bond acceptors (Lipinski definition) is 4. The molecular formula is C23H30N2O2. The first-order valence-corrected chi connectivity index (χ1v) is 9.73. The zero-order chi connectivity index (χ0) is 18.9. The Labute approximate surface area is 162 Å². The summed E-state index contributed by atoms with van der Waals surface area (Å²) in [7, 11) is 0. The van der Waals surface area contributed by atoms with Crippen LogP contribution in [0.5, 0.6) is 5.75 Å². The van der Waals surface area contributed by atoms with Crippen LogP contribution in [0, 0.1) is 6.92 Å². The Morgan fingerprint density at radius 1 is 0.963 bits per heavy atom. The second-order valence-electron chi connectivity index (χ2n) is 7.14. The van der Waals surface area contributed by atoms with Gasteiger partial charge in [0.25, 0.3) is 0 Å². The van der Waals surface area contributed by atoms with E-state index in [0.717, 1.165) is 44.0 Å². The van der Waals surface area contributed by atoms with Crippen LogP contribution in [0.15, 0.2) is 60.7 Å². The fourth-order valence-corrected chi connectivity index (χ4v) is 3.31. The highest BCUT2D eigenvalue weighted by Crippen LogP contribution is 2.16. The van der Waals surface area contributed by atoms with E-state index in [4.69, 9.17) is 4.74 Å². The van der Waals surface area contributed by atoms with Crippen LogP contribution in [0.4, 0.5) is 0 Å². The molecule has 0 aliphatic carbocycles. The van der Waals surface area contributed by atoms with Crippen LogP contribution in [0.25, 0.3) is 6.08 Å². The van der Waals surface area contributed by atoms with Crippen molar-refractivity contribution in [1.29, 1.82) is 0 Å². The summed E-state index contributed by atoms with van der Waals surface area (Å²) < 4.78 is 5.76. The molecular weight excluding hydrogens is 336 g/mol. The standard InChI is InChI=1S/C23H30N2O2/c1-20-8-5-6-12-23(20)27-19-22(26)18-25-16-14-24(15-17-25)13-7-11-21-9-3-2-4-10-21/h2-12,22,26H,13-19H2,1H3. The molecule has 0 aromatic heterocycles. The number of hydrogen-bond donors (Lipinski definition) is 1. The smallest absolute Gasteiger partial charge is 0.122 e. The normalized spacial score (nSPS) is 17.3. The monoisotopic (exact) mass is 366 g/mol. The molecule has 0 saturated carbocycles. The average molecular weight is 367 g/mol. The zero-order valence-corrected chi connectivity index (χ0v) is 16.1. The molecule has 4 nitrogen and oxygen atoms in total. The maximum absolute atomic E-state index is 10.3. The molecule has 27 heavy (non-hydrogen) atoms. The number of ether oxygens (including phenoxy) is 1. The number of nitrogens with zero attached hydrogens (tertiary/aromatic N) is 2. The Balaban J connectivity index is 1.34. The predicted molar refractivity (Wildman–Crippen MR) is 111 cm³/mol. The molecule has 4 heteroatoms. The van der Waals surface area contributed by atoms with Gasteiger partial charge in [0, 0.05) is 39.3 Å².